The summed E-state index contributed by atoms with van der Waals surface area (Å²) in [4.78, 5) is 13.7. The molecule has 6 heteroatoms. The highest BCUT2D eigenvalue weighted by atomic mass is 19.1. The van der Waals surface area contributed by atoms with Crippen molar-refractivity contribution in [2.24, 2.45) is 5.11 Å². The predicted octanol–water partition coefficient (Wildman–Crippen LogP) is 2.98. The molecule has 0 fully saturated rings. The summed E-state index contributed by atoms with van der Waals surface area (Å²) in [5.41, 5.74) is 8.59. The van der Waals surface area contributed by atoms with E-state index >= 15 is 0 Å². The van der Waals surface area contributed by atoms with Gasteiger partial charge in [0.1, 0.15) is 5.82 Å². The molecule has 0 aliphatic heterocycles. The Labute approximate surface area is 91.5 Å². The lowest BCUT2D eigenvalue weighted by atomic mass is 10.1. The van der Waals surface area contributed by atoms with Crippen molar-refractivity contribution in [1.82, 2.24) is 0 Å². The van der Waals surface area contributed by atoms with E-state index in [0.717, 1.165) is 6.07 Å². The minimum Gasteiger partial charge on any atom is -0.465 e. The van der Waals surface area contributed by atoms with E-state index in [9.17, 15) is 9.18 Å². The van der Waals surface area contributed by atoms with Gasteiger partial charge in [-0.25, -0.2) is 9.18 Å². The first-order valence-electron chi connectivity index (χ1n) is 4.52. The van der Waals surface area contributed by atoms with Crippen LogP contribution in [0.1, 0.15) is 28.9 Å². The van der Waals surface area contributed by atoms with E-state index in [1.54, 1.807) is 6.92 Å². The molecular formula is C10H10FN3O2. The minimum atomic E-state index is -0.614. The van der Waals surface area contributed by atoms with Crippen molar-refractivity contribution in [1.29, 1.82) is 0 Å². The average Bonchev–Trinajstić information content (AvgIpc) is 2.28. The van der Waals surface area contributed by atoms with Gasteiger partial charge in [0.25, 0.3) is 0 Å². The van der Waals surface area contributed by atoms with E-state index in [1.165, 1.54) is 19.2 Å². The smallest absolute Gasteiger partial charge is 0.337 e. The second kappa shape index (κ2) is 5.14. The van der Waals surface area contributed by atoms with Gasteiger partial charge >= 0.3 is 5.97 Å². The molecule has 0 saturated carbocycles. The number of benzene rings is 1. The molecule has 0 heterocycles. The zero-order valence-corrected chi connectivity index (χ0v) is 8.85. The number of carbonyl (C=O) groups is 1. The van der Waals surface area contributed by atoms with Crippen LogP contribution in [0.15, 0.2) is 23.3 Å². The number of rotatable bonds is 3. The quantitative estimate of drug-likeness (QED) is 0.342. The van der Waals surface area contributed by atoms with E-state index < -0.39 is 17.8 Å². The fourth-order valence-electron chi connectivity index (χ4n) is 1.25. The van der Waals surface area contributed by atoms with Gasteiger partial charge in [0.15, 0.2) is 0 Å². The summed E-state index contributed by atoms with van der Waals surface area (Å²) in [6.45, 7) is 1.57. The third-order valence-corrected chi connectivity index (χ3v) is 2.10. The lowest BCUT2D eigenvalue weighted by Gasteiger charge is -2.07. The number of carbonyl (C=O) groups excluding carboxylic acids is 1. The second-order valence-electron chi connectivity index (χ2n) is 3.11. The molecule has 0 amide bonds. The van der Waals surface area contributed by atoms with Gasteiger partial charge in [-0.05, 0) is 23.2 Å². The Bertz CT molecular complexity index is 455. The summed E-state index contributed by atoms with van der Waals surface area (Å²) >= 11 is 0. The molecule has 84 valence electrons. The largest absolute Gasteiger partial charge is 0.465 e. The van der Waals surface area contributed by atoms with Gasteiger partial charge in [-0.1, -0.05) is 18.1 Å². The van der Waals surface area contributed by atoms with Crippen LogP contribution in [0.5, 0.6) is 0 Å². The second-order valence-corrected chi connectivity index (χ2v) is 3.11. The molecule has 0 N–H and O–H groups in total. The minimum absolute atomic E-state index is 0.122. The number of hydrogen-bond acceptors (Lipinski definition) is 3. The van der Waals surface area contributed by atoms with Crippen LogP contribution >= 0.6 is 0 Å². The first-order valence-corrected chi connectivity index (χ1v) is 4.52. The van der Waals surface area contributed by atoms with Gasteiger partial charge in [0.05, 0.1) is 18.7 Å². The van der Waals surface area contributed by atoms with E-state index in [-0.39, 0.29) is 11.1 Å². The summed E-state index contributed by atoms with van der Waals surface area (Å²) < 4.78 is 18.0. The highest BCUT2D eigenvalue weighted by Gasteiger charge is 2.13. The summed E-state index contributed by atoms with van der Waals surface area (Å²) in [5, 5.41) is 3.37. The zero-order chi connectivity index (χ0) is 12.1. The Morgan fingerprint density at radius 2 is 2.31 bits per heavy atom. The van der Waals surface area contributed by atoms with Gasteiger partial charge in [0.2, 0.25) is 0 Å². The normalized spacial score (nSPS) is 11.4. The van der Waals surface area contributed by atoms with Crippen LogP contribution < -0.4 is 0 Å². The lowest BCUT2D eigenvalue weighted by Crippen LogP contribution is -2.03. The summed E-state index contributed by atoms with van der Waals surface area (Å²) in [7, 11) is 1.22. The van der Waals surface area contributed by atoms with Gasteiger partial charge < -0.3 is 4.74 Å². The average molecular weight is 223 g/mol. The molecule has 16 heavy (non-hydrogen) atoms. The van der Waals surface area contributed by atoms with Crippen molar-refractivity contribution in [3.05, 3.63) is 45.6 Å². The van der Waals surface area contributed by atoms with Crippen LogP contribution in [-0.4, -0.2) is 13.1 Å². The summed E-state index contributed by atoms with van der Waals surface area (Å²) in [6.07, 6.45) is 0. The maximum atomic E-state index is 13.5. The number of nitrogens with zero attached hydrogens (tertiary/aromatic N) is 3. The number of methoxy groups -OCH3 is 1. The highest BCUT2D eigenvalue weighted by Crippen LogP contribution is 2.21. The predicted molar refractivity (Wildman–Crippen MR) is 55.3 cm³/mol. The van der Waals surface area contributed by atoms with Gasteiger partial charge in [0, 0.05) is 4.91 Å². The summed E-state index contributed by atoms with van der Waals surface area (Å²) in [6, 6.07) is 3.27. The number of ether oxygens (including phenoxy) is 1. The van der Waals surface area contributed by atoms with Crippen molar-refractivity contribution in [2.45, 2.75) is 13.0 Å². The van der Waals surface area contributed by atoms with Crippen LogP contribution in [0, 0.1) is 5.82 Å². The van der Waals surface area contributed by atoms with E-state index in [4.69, 9.17) is 5.53 Å². The molecule has 0 spiro atoms. The number of halogens is 1. The SMILES string of the molecule is COC(=O)c1ccc(C(C)N=[N+]=[N-])c(F)c1. The number of esters is 1. The Morgan fingerprint density at radius 1 is 1.62 bits per heavy atom. The summed E-state index contributed by atoms with van der Waals surface area (Å²) in [5.74, 6) is -1.20. The van der Waals surface area contributed by atoms with Gasteiger partial charge in [-0.3, -0.25) is 0 Å². The van der Waals surface area contributed by atoms with Crippen LogP contribution in [0.2, 0.25) is 0 Å². The molecule has 1 atom stereocenters. The standard InChI is InChI=1S/C10H10FN3O2/c1-6(13-14-12)8-4-3-7(5-9(8)11)10(15)16-2/h3-6H,1-2H3. The first kappa shape index (κ1) is 12.0. The molecule has 1 unspecified atom stereocenters. The fourth-order valence-corrected chi connectivity index (χ4v) is 1.25. The van der Waals surface area contributed by atoms with Crippen molar-refractivity contribution >= 4 is 5.97 Å². The zero-order valence-electron chi connectivity index (χ0n) is 8.85. The topological polar surface area (TPSA) is 75.1 Å². The van der Waals surface area contributed by atoms with E-state index in [1.807, 2.05) is 0 Å². The molecule has 0 aliphatic carbocycles. The lowest BCUT2D eigenvalue weighted by molar-refractivity contribution is 0.0600. The Morgan fingerprint density at radius 3 is 2.81 bits per heavy atom. The molecule has 0 aliphatic rings. The van der Waals surface area contributed by atoms with Crippen molar-refractivity contribution < 1.29 is 13.9 Å². The highest BCUT2D eigenvalue weighted by molar-refractivity contribution is 5.89. The maximum Gasteiger partial charge on any atom is 0.337 e. The molecular weight excluding hydrogens is 213 g/mol. The third kappa shape index (κ3) is 2.49. The number of azide groups is 1. The van der Waals surface area contributed by atoms with Crippen LogP contribution in [0.3, 0.4) is 0 Å². The van der Waals surface area contributed by atoms with Crippen molar-refractivity contribution in [3.8, 4) is 0 Å². The van der Waals surface area contributed by atoms with E-state index in [2.05, 4.69) is 14.8 Å². The van der Waals surface area contributed by atoms with Gasteiger partial charge in [-0.15, -0.1) is 0 Å². The maximum absolute atomic E-state index is 13.5. The molecule has 1 aromatic carbocycles. The third-order valence-electron chi connectivity index (χ3n) is 2.10. The van der Waals surface area contributed by atoms with Crippen LogP contribution in [0.25, 0.3) is 10.4 Å². The Balaban J connectivity index is 3.09. The van der Waals surface area contributed by atoms with Gasteiger partial charge in [-0.2, -0.15) is 0 Å². The van der Waals surface area contributed by atoms with Crippen molar-refractivity contribution in [3.63, 3.8) is 0 Å². The monoisotopic (exact) mass is 223 g/mol. The first-order chi connectivity index (χ1) is 7.60. The molecule has 0 saturated heterocycles. The van der Waals surface area contributed by atoms with Crippen molar-refractivity contribution in [2.75, 3.05) is 7.11 Å². The Kier molecular flexibility index (Phi) is 3.85. The molecule has 1 rings (SSSR count). The molecule has 1 aromatic rings. The Hall–Kier alpha value is -2.07. The molecule has 0 bridgehead atoms. The van der Waals surface area contributed by atoms with E-state index in [0.29, 0.717) is 0 Å². The molecule has 0 aromatic heterocycles. The number of hydrogen-bond donors (Lipinski definition) is 0. The molecule has 0 radical (unpaired) electrons. The van der Waals surface area contributed by atoms with Crippen LogP contribution in [-0.2, 0) is 4.74 Å². The fraction of sp³-hybridized carbons (Fsp3) is 0.300. The van der Waals surface area contributed by atoms with Crippen LogP contribution in [0.4, 0.5) is 4.39 Å². The molecule has 5 nitrogen and oxygen atoms in total.